The molecule has 18 heavy (non-hydrogen) atoms. The molecule has 3 nitrogen and oxygen atoms in total. The van der Waals surface area contributed by atoms with E-state index in [-0.39, 0.29) is 10.2 Å². The summed E-state index contributed by atoms with van der Waals surface area (Å²) in [4.78, 5) is 10.7. The molecule has 0 atom stereocenters. The zero-order valence-corrected chi connectivity index (χ0v) is 11.7. The van der Waals surface area contributed by atoms with Crippen molar-refractivity contribution in [2.45, 2.75) is 13.3 Å². The van der Waals surface area contributed by atoms with Crippen LogP contribution in [-0.4, -0.2) is 16.0 Å². The Morgan fingerprint density at radius 1 is 1.44 bits per heavy atom. The first-order valence-electron chi connectivity index (χ1n) is 5.36. The zero-order valence-electron chi connectivity index (χ0n) is 10.0. The van der Waals surface area contributed by atoms with Crippen LogP contribution in [0.5, 0.6) is 0 Å². The normalized spacial score (nSPS) is 9.17. The number of nitrogens with two attached hydrogens (primary N) is 1. The van der Waals surface area contributed by atoms with Crippen LogP contribution in [0.15, 0.2) is 24.3 Å². The van der Waals surface area contributed by atoms with E-state index in [0.29, 0.717) is 6.42 Å². The number of hydrogen-bond acceptors (Lipinski definition) is 3. The van der Waals surface area contributed by atoms with Gasteiger partial charge >= 0.3 is 0 Å². The van der Waals surface area contributed by atoms with Gasteiger partial charge in [0.05, 0.1) is 0 Å². The molecule has 0 saturated carbocycles. The summed E-state index contributed by atoms with van der Waals surface area (Å²) in [5.41, 5.74) is 7.14. The number of nitrogens with one attached hydrogen (secondary N) is 1. The SMILES string of the molecule is CC(=O)SCCC#Cc1ccc(NC(N)=S)cc1. The number of hydrogen-bond donors (Lipinski definition) is 2. The summed E-state index contributed by atoms with van der Waals surface area (Å²) in [6, 6.07) is 7.53. The van der Waals surface area contributed by atoms with E-state index in [1.54, 1.807) is 6.92 Å². The van der Waals surface area contributed by atoms with Gasteiger partial charge < -0.3 is 11.1 Å². The quantitative estimate of drug-likeness (QED) is 0.505. The van der Waals surface area contributed by atoms with Crippen LogP contribution < -0.4 is 11.1 Å². The van der Waals surface area contributed by atoms with Crippen molar-refractivity contribution in [1.82, 2.24) is 0 Å². The molecular weight excluding hydrogens is 264 g/mol. The number of carbonyl (C=O) groups excluding carboxylic acids is 1. The number of thiocarbonyl (C=S) groups is 1. The summed E-state index contributed by atoms with van der Waals surface area (Å²) in [5, 5.41) is 3.22. The molecule has 1 aromatic rings. The van der Waals surface area contributed by atoms with Gasteiger partial charge in [0, 0.05) is 30.3 Å². The highest BCUT2D eigenvalue weighted by Crippen LogP contribution is 2.08. The highest BCUT2D eigenvalue weighted by Gasteiger charge is 1.93. The maximum atomic E-state index is 10.7. The molecule has 3 N–H and O–H groups in total. The molecule has 0 heterocycles. The summed E-state index contributed by atoms with van der Waals surface area (Å²) in [5.74, 6) is 6.80. The number of thioether (sulfide) groups is 1. The molecule has 0 fully saturated rings. The second kappa shape index (κ2) is 7.75. The molecule has 1 aromatic carbocycles. The number of rotatable bonds is 3. The van der Waals surface area contributed by atoms with E-state index in [9.17, 15) is 4.79 Å². The first-order valence-corrected chi connectivity index (χ1v) is 6.76. The van der Waals surface area contributed by atoms with Crippen LogP contribution in [0.2, 0.25) is 0 Å². The van der Waals surface area contributed by atoms with Crippen molar-refractivity contribution < 1.29 is 4.79 Å². The lowest BCUT2D eigenvalue weighted by Crippen LogP contribution is -2.18. The highest BCUT2D eigenvalue weighted by molar-refractivity contribution is 8.13. The highest BCUT2D eigenvalue weighted by atomic mass is 32.2. The third kappa shape index (κ3) is 6.28. The number of benzene rings is 1. The second-order valence-electron chi connectivity index (χ2n) is 3.46. The average Bonchev–Trinajstić information content (AvgIpc) is 2.30. The van der Waals surface area contributed by atoms with Gasteiger partial charge in [-0.3, -0.25) is 4.79 Å². The first-order chi connectivity index (χ1) is 8.58. The molecule has 1 rings (SSSR count). The van der Waals surface area contributed by atoms with E-state index in [0.717, 1.165) is 17.0 Å². The molecule has 0 spiro atoms. The van der Waals surface area contributed by atoms with Gasteiger partial charge in [0.25, 0.3) is 0 Å². The molecule has 94 valence electrons. The fourth-order valence-electron chi connectivity index (χ4n) is 1.19. The molecular formula is C13H14N2OS2. The van der Waals surface area contributed by atoms with Gasteiger partial charge in [-0.05, 0) is 36.5 Å². The Bertz CT molecular complexity index is 486. The summed E-state index contributed by atoms with van der Waals surface area (Å²) in [6.07, 6.45) is 0.705. The molecule has 0 radical (unpaired) electrons. The van der Waals surface area contributed by atoms with E-state index >= 15 is 0 Å². The summed E-state index contributed by atoms with van der Waals surface area (Å²) >= 11 is 6.04. The molecule has 0 amide bonds. The summed E-state index contributed by atoms with van der Waals surface area (Å²) < 4.78 is 0. The van der Waals surface area contributed by atoms with Crippen molar-refractivity contribution in [3.05, 3.63) is 29.8 Å². The Morgan fingerprint density at radius 2 is 2.11 bits per heavy atom. The van der Waals surface area contributed by atoms with E-state index < -0.39 is 0 Å². The molecule has 0 saturated heterocycles. The van der Waals surface area contributed by atoms with Crippen LogP contribution in [0.3, 0.4) is 0 Å². The van der Waals surface area contributed by atoms with E-state index in [4.69, 9.17) is 18.0 Å². The van der Waals surface area contributed by atoms with Crippen molar-refractivity contribution in [1.29, 1.82) is 0 Å². The van der Waals surface area contributed by atoms with Gasteiger partial charge in [-0.2, -0.15) is 0 Å². The second-order valence-corrected chi connectivity index (χ2v) is 5.17. The minimum atomic E-state index is 0.130. The third-order valence-corrected chi connectivity index (χ3v) is 2.83. The molecule has 0 aliphatic carbocycles. The smallest absolute Gasteiger partial charge is 0.185 e. The Balaban J connectivity index is 2.46. The lowest BCUT2D eigenvalue weighted by Gasteiger charge is -2.02. The van der Waals surface area contributed by atoms with Crippen LogP contribution in [0.1, 0.15) is 18.9 Å². The van der Waals surface area contributed by atoms with Crippen molar-refractivity contribution in [2.24, 2.45) is 5.73 Å². The Morgan fingerprint density at radius 3 is 2.67 bits per heavy atom. The largest absolute Gasteiger partial charge is 0.376 e. The van der Waals surface area contributed by atoms with Crippen LogP contribution in [0, 0.1) is 11.8 Å². The summed E-state index contributed by atoms with van der Waals surface area (Å²) in [7, 11) is 0. The van der Waals surface area contributed by atoms with Crippen LogP contribution >= 0.6 is 24.0 Å². The van der Waals surface area contributed by atoms with Crippen molar-refractivity contribution >= 4 is 39.9 Å². The van der Waals surface area contributed by atoms with E-state index in [1.807, 2.05) is 24.3 Å². The lowest BCUT2D eigenvalue weighted by atomic mass is 10.2. The van der Waals surface area contributed by atoms with Gasteiger partial charge in [-0.25, -0.2) is 0 Å². The maximum absolute atomic E-state index is 10.7. The molecule has 0 aliphatic heterocycles. The minimum Gasteiger partial charge on any atom is -0.376 e. The molecule has 0 aliphatic rings. The fourth-order valence-corrected chi connectivity index (χ4v) is 1.80. The fraction of sp³-hybridized carbons (Fsp3) is 0.231. The minimum absolute atomic E-state index is 0.130. The van der Waals surface area contributed by atoms with Crippen molar-refractivity contribution in [3.8, 4) is 11.8 Å². The van der Waals surface area contributed by atoms with Crippen LogP contribution in [-0.2, 0) is 4.79 Å². The van der Waals surface area contributed by atoms with E-state index in [2.05, 4.69) is 17.2 Å². The average molecular weight is 278 g/mol. The van der Waals surface area contributed by atoms with E-state index in [1.165, 1.54) is 11.8 Å². The molecule has 5 heteroatoms. The monoisotopic (exact) mass is 278 g/mol. The lowest BCUT2D eigenvalue weighted by molar-refractivity contribution is -0.109. The van der Waals surface area contributed by atoms with Gasteiger partial charge in [-0.15, -0.1) is 0 Å². The maximum Gasteiger partial charge on any atom is 0.185 e. The van der Waals surface area contributed by atoms with Crippen molar-refractivity contribution in [2.75, 3.05) is 11.1 Å². The number of carbonyl (C=O) groups is 1. The number of anilines is 1. The Kier molecular flexibility index (Phi) is 6.26. The Hall–Kier alpha value is -1.51. The molecule has 0 bridgehead atoms. The predicted molar refractivity (Wildman–Crippen MR) is 81.5 cm³/mol. The zero-order chi connectivity index (χ0) is 13.4. The predicted octanol–water partition coefficient (Wildman–Crippen LogP) is 2.36. The third-order valence-electron chi connectivity index (χ3n) is 1.92. The van der Waals surface area contributed by atoms with Gasteiger partial charge in [0.15, 0.2) is 10.2 Å². The van der Waals surface area contributed by atoms with Crippen LogP contribution in [0.25, 0.3) is 0 Å². The standard InChI is InChI=1S/C13H14N2OS2/c1-10(16)18-9-3-2-4-11-5-7-12(8-6-11)15-13(14)17/h5-8H,3,9H2,1H3,(H3,14,15,17). The van der Waals surface area contributed by atoms with Gasteiger partial charge in [-0.1, -0.05) is 23.6 Å². The topological polar surface area (TPSA) is 55.1 Å². The molecule has 0 unspecified atom stereocenters. The summed E-state index contributed by atoms with van der Waals surface area (Å²) in [6.45, 7) is 1.56. The first kappa shape index (κ1) is 14.6. The molecule has 0 aromatic heterocycles. The van der Waals surface area contributed by atoms with Gasteiger partial charge in [0.2, 0.25) is 0 Å². The van der Waals surface area contributed by atoms with Gasteiger partial charge in [0.1, 0.15) is 0 Å². The van der Waals surface area contributed by atoms with Crippen LogP contribution in [0.4, 0.5) is 5.69 Å². The Labute approximate surface area is 117 Å². The van der Waals surface area contributed by atoms with Crippen molar-refractivity contribution in [3.63, 3.8) is 0 Å².